The predicted molar refractivity (Wildman–Crippen MR) is 122 cm³/mol. The highest BCUT2D eigenvalue weighted by molar-refractivity contribution is 7.92. The molecule has 1 aliphatic rings. The molecule has 3 amide bonds. The number of hydrogen-bond acceptors (Lipinski definition) is 6. The minimum absolute atomic E-state index is 0.00215. The number of halogens is 2. The molecule has 1 atom stereocenters. The van der Waals surface area contributed by atoms with E-state index in [4.69, 9.17) is 4.42 Å². The maximum Gasteiger partial charge on any atom is 0.288 e. The third kappa shape index (κ3) is 5.28. The van der Waals surface area contributed by atoms with E-state index < -0.39 is 38.7 Å². The Hall–Kier alpha value is -4.06. The number of piperazine rings is 1. The number of furan rings is 1. The number of benzene rings is 2. The average Bonchev–Trinajstić information content (AvgIpc) is 3.42. The van der Waals surface area contributed by atoms with Gasteiger partial charge in [-0.15, -0.1) is 0 Å². The lowest BCUT2D eigenvalue weighted by atomic mass is 10.1. The Morgan fingerprint density at radius 3 is 1.94 bits per heavy atom. The molecule has 3 aromatic rings. The molecule has 1 unspecified atom stereocenters. The van der Waals surface area contributed by atoms with E-state index in [0.29, 0.717) is 0 Å². The molecular weight excluding hydrogens is 496 g/mol. The standard InChI is InChI=1S/C24H21F2N3O6S/c25-17-5-3-16(4-6-17)23(31)28-11-13-29(14-12-28)24(32)22(27-21(30)20-2-1-15-35-20)36(33,34)19-9-7-18(26)8-10-19/h1-10,15,22H,11-14H2,(H,27,30). The van der Waals surface area contributed by atoms with Crippen LogP contribution in [0.25, 0.3) is 0 Å². The Balaban J connectivity index is 1.53. The van der Waals surface area contributed by atoms with E-state index in [0.717, 1.165) is 24.3 Å². The van der Waals surface area contributed by atoms with Gasteiger partial charge in [0.1, 0.15) is 11.6 Å². The summed E-state index contributed by atoms with van der Waals surface area (Å²) in [6.07, 6.45) is 1.22. The van der Waals surface area contributed by atoms with Gasteiger partial charge in [-0.3, -0.25) is 14.4 Å². The molecule has 12 heteroatoms. The molecule has 9 nitrogen and oxygen atoms in total. The molecule has 188 valence electrons. The van der Waals surface area contributed by atoms with Crippen molar-refractivity contribution in [2.45, 2.75) is 10.3 Å². The Kier molecular flexibility index (Phi) is 7.15. The van der Waals surface area contributed by atoms with E-state index in [1.54, 1.807) is 0 Å². The third-order valence-corrected chi connectivity index (χ3v) is 7.52. The zero-order valence-corrected chi connectivity index (χ0v) is 19.6. The minimum atomic E-state index is -4.48. The Morgan fingerprint density at radius 2 is 1.39 bits per heavy atom. The zero-order chi connectivity index (χ0) is 25.9. The minimum Gasteiger partial charge on any atom is -0.459 e. The van der Waals surface area contributed by atoms with Gasteiger partial charge >= 0.3 is 0 Å². The number of nitrogens with one attached hydrogen (secondary N) is 1. The van der Waals surface area contributed by atoms with Crippen LogP contribution in [0.15, 0.2) is 76.2 Å². The molecule has 1 fully saturated rings. The molecule has 0 spiro atoms. The van der Waals surface area contributed by atoms with Crippen LogP contribution in [-0.4, -0.2) is 67.5 Å². The summed E-state index contributed by atoms with van der Waals surface area (Å²) in [6.45, 7) is 0.185. The Morgan fingerprint density at radius 1 is 0.833 bits per heavy atom. The monoisotopic (exact) mass is 517 g/mol. The van der Waals surface area contributed by atoms with E-state index in [9.17, 15) is 31.6 Å². The molecule has 0 bridgehead atoms. The van der Waals surface area contributed by atoms with Crippen LogP contribution in [0.1, 0.15) is 20.9 Å². The van der Waals surface area contributed by atoms with E-state index in [-0.39, 0.29) is 48.3 Å². The lowest BCUT2D eigenvalue weighted by Crippen LogP contribution is -2.57. The van der Waals surface area contributed by atoms with Crippen molar-refractivity contribution in [2.24, 2.45) is 0 Å². The molecule has 36 heavy (non-hydrogen) atoms. The summed E-state index contributed by atoms with van der Waals surface area (Å²) in [7, 11) is -4.48. The molecule has 1 aliphatic heterocycles. The molecule has 4 rings (SSSR count). The molecule has 2 heterocycles. The van der Waals surface area contributed by atoms with Crippen LogP contribution in [0.3, 0.4) is 0 Å². The maximum absolute atomic E-state index is 13.4. The van der Waals surface area contributed by atoms with Crippen molar-refractivity contribution in [1.82, 2.24) is 15.1 Å². The first-order valence-electron chi connectivity index (χ1n) is 10.8. The normalized spacial score (nSPS) is 14.8. The number of nitrogens with zero attached hydrogens (tertiary/aromatic N) is 2. The van der Waals surface area contributed by atoms with Crippen LogP contribution in [0, 0.1) is 11.6 Å². The van der Waals surface area contributed by atoms with Crippen molar-refractivity contribution in [2.75, 3.05) is 26.2 Å². The second-order valence-corrected chi connectivity index (χ2v) is 9.99. The van der Waals surface area contributed by atoms with Gasteiger partial charge in [0, 0.05) is 31.7 Å². The number of sulfone groups is 1. The van der Waals surface area contributed by atoms with Gasteiger partial charge in [0.15, 0.2) is 5.76 Å². The van der Waals surface area contributed by atoms with Crippen molar-refractivity contribution in [1.29, 1.82) is 0 Å². The molecule has 1 saturated heterocycles. The molecule has 0 saturated carbocycles. The largest absolute Gasteiger partial charge is 0.459 e. The third-order valence-electron chi connectivity index (χ3n) is 5.65. The second kappa shape index (κ2) is 10.3. The first-order valence-corrected chi connectivity index (χ1v) is 12.4. The van der Waals surface area contributed by atoms with E-state index in [1.165, 1.54) is 52.5 Å². The van der Waals surface area contributed by atoms with E-state index >= 15 is 0 Å². The van der Waals surface area contributed by atoms with Crippen molar-refractivity contribution in [3.63, 3.8) is 0 Å². The molecule has 2 aromatic carbocycles. The fourth-order valence-corrected chi connectivity index (χ4v) is 5.17. The predicted octanol–water partition coefficient (Wildman–Crippen LogP) is 2.07. The number of rotatable bonds is 6. The quantitative estimate of drug-likeness (QED) is 0.501. The summed E-state index contributed by atoms with van der Waals surface area (Å²) in [4.78, 5) is 40.9. The van der Waals surface area contributed by atoms with Crippen molar-refractivity contribution >= 4 is 27.6 Å². The highest BCUT2D eigenvalue weighted by Crippen LogP contribution is 2.19. The molecular formula is C24H21F2N3O6S. The SMILES string of the molecule is O=C(NC(C(=O)N1CCN(C(=O)c2ccc(F)cc2)CC1)S(=O)(=O)c1ccc(F)cc1)c1ccco1. The fraction of sp³-hybridized carbons (Fsp3) is 0.208. The van der Waals surface area contributed by atoms with Gasteiger partial charge in [-0.25, -0.2) is 17.2 Å². The van der Waals surface area contributed by atoms with Crippen LogP contribution in [-0.2, 0) is 14.6 Å². The highest BCUT2D eigenvalue weighted by atomic mass is 32.2. The first-order chi connectivity index (χ1) is 17.2. The van der Waals surface area contributed by atoms with Crippen molar-refractivity contribution in [3.8, 4) is 0 Å². The highest BCUT2D eigenvalue weighted by Gasteiger charge is 2.40. The summed E-state index contributed by atoms with van der Waals surface area (Å²) < 4.78 is 58.1. The Bertz CT molecular complexity index is 1350. The van der Waals surface area contributed by atoms with Gasteiger partial charge in [0.25, 0.3) is 17.7 Å². The molecule has 0 aliphatic carbocycles. The number of amides is 3. The number of hydrogen-bond donors (Lipinski definition) is 1. The topological polar surface area (TPSA) is 117 Å². The van der Waals surface area contributed by atoms with Gasteiger partial charge in [0.2, 0.25) is 15.2 Å². The van der Waals surface area contributed by atoms with Gasteiger partial charge in [-0.2, -0.15) is 0 Å². The summed E-state index contributed by atoms with van der Waals surface area (Å²) in [5.41, 5.74) is 0.277. The van der Waals surface area contributed by atoms with Crippen LogP contribution in [0.4, 0.5) is 8.78 Å². The van der Waals surface area contributed by atoms with Gasteiger partial charge in [-0.1, -0.05) is 0 Å². The van der Waals surface area contributed by atoms with Crippen molar-refractivity contribution in [3.05, 3.63) is 89.9 Å². The maximum atomic E-state index is 13.4. The average molecular weight is 518 g/mol. The number of carbonyl (C=O) groups excluding carboxylic acids is 3. The van der Waals surface area contributed by atoms with E-state index in [1.807, 2.05) is 0 Å². The fourth-order valence-electron chi connectivity index (χ4n) is 3.70. The summed E-state index contributed by atoms with van der Waals surface area (Å²) >= 11 is 0. The smallest absolute Gasteiger partial charge is 0.288 e. The van der Waals surface area contributed by atoms with E-state index in [2.05, 4.69) is 5.32 Å². The lowest BCUT2D eigenvalue weighted by Gasteiger charge is -2.36. The molecule has 0 radical (unpaired) electrons. The van der Waals surface area contributed by atoms with Crippen LogP contribution < -0.4 is 5.32 Å². The van der Waals surface area contributed by atoms with Gasteiger partial charge in [-0.05, 0) is 60.7 Å². The molecule has 1 aromatic heterocycles. The Labute approximate surface area is 205 Å². The van der Waals surface area contributed by atoms with Crippen LogP contribution in [0.5, 0.6) is 0 Å². The first kappa shape index (κ1) is 25.0. The summed E-state index contributed by atoms with van der Waals surface area (Å²) in [6, 6.07) is 11.6. The molecule has 1 N–H and O–H groups in total. The van der Waals surface area contributed by atoms with Crippen LogP contribution >= 0.6 is 0 Å². The summed E-state index contributed by atoms with van der Waals surface area (Å²) in [5, 5.41) is 0.199. The van der Waals surface area contributed by atoms with Crippen molar-refractivity contribution < 1.29 is 36.0 Å². The zero-order valence-electron chi connectivity index (χ0n) is 18.8. The summed E-state index contributed by atoms with van der Waals surface area (Å²) in [5.74, 6) is -3.53. The lowest BCUT2D eigenvalue weighted by molar-refractivity contribution is -0.132. The van der Waals surface area contributed by atoms with Crippen LogP contribution in [0.2, 0.25) is 0 Å². The van der Waals surface area contributed by atoms with Gasteiger partial charge < -0.3 is 19.5 Å². The number of carbonyl (C=O) groups is 3. The second-order valence-electron chi connectivity index (χ2n) is 7.95. The van der Waals surface area contributed by atoms with Gasteiger partial charge in [0.05, 0.1) is 11.2 Å².